The van der Waals surface area contributed by atoms with E-state index in [2.05, 4.69) is 20.6 Å². The molecule has 0 radical (unpaired) electrons. The molecule has 10 heteroatoms. The van der Waals surface area contributed by atoms with E-state index in [-0.39, 0.29) is 18.5 Å². The molecule has 3 rings (SSSR count). The van der Waals surface area contributed by atoms with Crippen LogP contribution < -0.4 is 5.32 Å². The average Bonchev–Trinajstić information content (AvgIpc) is 3.22. The number of rotatable bonds is 6. The largest absolute Gasteiger partial charge is 0.351 e. The summed E-state index contributed by atoms with van der Waals surface area (Å²) in [6.07, 6.45) is -1.31. The monoisotopic (exact) mass is 381 g/mol. The molecular weight excluding hydrogens is 368 g/mol. The average molecular weight is 382 g/mol. The van der Waals surface area contributed by atoms with Gasteiger partial charge in [-0.05, 0) is 24.3 Å². The van der Waals surface area contributed by atoms with Crippen molar-refractivity contribution < 1.29 is 18.1 Å². The Balaban J connectivity index is 1.59. The van der Waals surface area contributed by atoms with Gasteiger partial charge in [0.1, 0.15) is 5.69 Å². The number of hydrogen-bond acceptors (Lipinski definition) is 5. The van der Waals surface area contributed by atoms with E-state index in [4.69, 9.17) is 16.1 Å². The van der Waals surface area contributed by atoms with Gasteiger partial charge >= 0.3 is 0 Å². The standard InChI is InChI=1S/C16H14ClF2N5O2/c1-24-8-11(13(22-24)14(18)19)16(25)20-7-6-12-21-15(23-26-12)9-2-4-10(17)5-3-9/h2-5,8,14H,6-7H2,1H3,(H,20,25). The fourth-order valence-corrected chi connectivity index (χ4v) is 2.42. The minimum Gasteiger partial charge on any atom is -0.351 e. The lowest BCUT2D eigenvalue weighted by molar-refractivity contribution is 0.0938. The molecule has 0 aliphatic heterocycles. The number of carbonyl (C=O) groups is 1. The second kappa shape index (κ2) is 7.61. The third-order valence-corrected chi connectivity index (χ3v) is 3.76. The van der Waals surface area contributed by atoms with Crippen molar-refractivity contribution in [1.29, 1.82) is 0 Å². The van der Waals surface area contributed by atoms with Crippen LogP contribution in [0.5, 0.6) is 0 Å². The van der Waals surface area contributed by atoms with E-state index in [0.29, 0.717) is 16.7 Å². The third kappa shape index (κ3) is 4.05. The molecule has 0 atom stereocenters. The molecule has 0 spiro atoms. The van der Waals surface area contributed by atoms with Crippen LogP contribution in [0, 0.1) is 0 Å². The van der Waals surface area contributed by atoms with Crippen LogP contribution in [-0.2, 0) is 13.5 Å². The molecule has 1 amide bonds. The Hall–Kier alpha value is -2.81. The van der Waals surface area contributed by atoms with Crippen LogP contribution in [-0.4, -0.2) is 32.4 Å². The van der Waals surface area contributed by atoms with E-state index in [9.17, 15) is 13.6 Å². The molecule has 7 nitrogen and oxygen atoms in total. The Morgan fingerprint density at radius 1 is 1.35 bits per heavy atom. The van der Waals surface area contributed by atoms with Gasteiger partial charge in [0.05, 0.1) is 5.56 Å². The van der Waals surface area contributed by atoms with Crippen LogP contribution in [0.3, 0.4) is 0 Å². The maximum Gasteiger partial charge on any atom is 0.282 e. The molecule has 26 heavy (non-hydrogen) atoms. The number of aryl methyl sites for hydroxylation is 1. The van der Waals surface area contributed by atoms with Crippen molar-refractivity contribution in [2.75, 3.05) is 6.54 Å². The SMILES string of the molecule is Cn1cc(C(=O)NCCc2nc(-c3ccc(Cl)cc3)no2)c(C(F)F)n1. The number of alkyl halides is 2. The van der Waals surface area contributed by atoms with Crippen molar-refractivity contribution in [3.8, 4) is 11.4 Å². The Kier molecular flexibility index (Phi) is 5.27. The topological polar surface area (TPSA) is 85.8 Å². The highest BCUT2D eigenvalue weighted by molar-refractivity contribution is 6.30. The van der Waals surface area contributed by atoms with Crippen LogP contribution in [0.25, 0.3) is 11.4 Å². The fraction of sp³-hybridized carbons (Fsp3) is 0.250. The van der Waals surface area contributed by atoms with E-state index in [1.54, 1.807) is 24.3 Å². The second-order valence-electron chi connectivity index (χ2n) is 5.43. The molecule has 1 N–H and O–H groups in total. The lowest BCUT2D eigenvalue weighted by Crippen LogP contribution is -2.26. The van der Waals surface area contributed by atoms with Crippen molar-refractivity contribution in [2.24, 2.45) is 7.05 Å². The number of hydrogen-bond donors (Lipinski definition) is 1. The highest BCUT2D eigenvalue weighted by Gasteiger charge is 2.22. The molecular formula is C16H14ClF2N5O2. The van der Waals surface area contributed by atoms with Crippen molar-refractivity contribution in [2.45, 2.75) is 12.8 Å². The normalized spacial score (nSPS) is 11.1. The first kappa shape index (κ1) is 18.0. The van der Waals surface area contributed by atoms with Gasteiger partial charge in [0.15, 0.2) is 0 Å². The third-order valence-electron chi connectivity index (χ3n) is 3.50. The van der Waals surface area contributed by atoms with E-state index in [0.717, 1.165) is 5.56 Å². The quantitative estimate of drug-likeness (QED) is 0.709. The van der Waals surface area contributed by atoms with Crippen LogP contribution in [0.15, 0.2) is 35.0 Å². The highest BCUT2D eigenvalue weighted by atomic mass is 35.5. The molecule has 0 saturated carbocycles. The molecule has 0 aliphatic rings. The van der Waals surface area contributed by atoms with E-state index in [1.807, 2.05) is 0 Å². The molecule has 2 heterocycles. The summed E-state index contributed by atoms with van der Waals surface area (Å²) in [4.78, 5) is 16.3. The molecule has 0 fully saturated rings. The summed E-state index contributed by atoms with van der Waals surface area (Å²) in [6, 6.07) is 6.93. The number of nitrogens with one attached hydrogen (secondary N) is 1. The second-order valence-corrected chi connectivity index (χ2v) is 5.86. The van der Waals surface area contributed by atoms with E-state index < -0.39 is 18.0 Å². The van der Waals surface area contributed by atoms with Crippen LogP contribution in [0.4, 0.5) is 8.78 Å². The molecule has 0 bridgehead atoms. The number of halogens is 3. The van der Waals surface area contributed by atoms with Crippen LogP contribution >= 0.6 is 11.6 Å². The minimum absolute atomic E-state index is 0.151. The summed E-state index contributed by atoms with van der Waals surface area (Å²) in [5.74, 6) is 0.0802. The molecule has 136 valence electrons. The van der Waals surface area contributed by atoms with Gasteiger partial charge in [-0.1, -0.05) is 16.8 Å². The molecule has 1 aromatic carbocycles. The Morgan fingerprint density at radius 3 is 2.77 bits per heavy atom. The van der Waals surface area contributed by atoms with Gasteiger partial charge in [0, 0.05) is 36.8 Å². The van der Waals surface area contributed by atoms with Crippen LogP contribution in [0.1, 0.15) is 28.4 Å². The zero-order valence-electron chi connectivity index (χ0n) is 13.6. The lowest BCUT2D eigenvalue weighted by Gasteiger charge is -2.03. The van der Waals surface area contributed by atoms with E-state index >= 15 is 0 Å². The van der Waals surface area contributed by atoms with Gasteiger partial charge in [0.2, 0.25) is 11.7 Å². The maximum atomic E-state index is 12.9. The van der Waals surface area contributed by atoms with Gasteiger partial charge in [-0.2, -0.15) is 10.1 Å². The maximum absolute atomic E-state index is 12.9. The molecule has 0 aliphatic carbocycles. The predicted molar refractivity (Wildman–Crippen MR) is 88.9 cm³/mol. The van der Waals surface area contributed by atoms with Gasteiger partial charge in [-0.3, -0.25) is 9.48 Å². The number of carbonyl (C=O) groups excluding carboxylic acids is 1. The van der Waals surface area contributed by atoms with Gasteiger partial charge in [-0.25, -0.2) is 8.78 Å². The summed E-state index contributed by atoms with van der Waals surface area (Å²) < 4.78 is 32.1. The molecule has 2 aromatic heterocycles. The van der Waals surface area contributed by atoms with Crippen molar-refractivity contribution in [3.63, 3.8) is 0 Å². The van der Waals surface area contributed by atoms with Crippen molar-refractivity contribution >= 4 is 17.5 Å². The Morgan fingerprint density at radius 2 is 2.08 bits per heavy atom. The first-order valence-corrected chi connectivity index (χ1v) is 8.00. The first-order chi connectivity index (χ1) is 12.4. The smallest absolute Gasteiger partial charge is 0.282 e. The zero-order valence-corrected chi connectivity index (χ0v) is 14.4. The molecule has 0 saturated heterocycles. The number of aromatic nitrogens is 4. The number of nitrogens with zero attached hydrogens (tertiary/aromatic N) is 4. The summed E-state index contributed by atoms with van der Waals surface area (Å²) in [6.45, 7) is 0.151. The summed E-state index contributed by atoms with van der Waals surface area (Å²) >= 11 is 5.83. The van der Waals surface area contributed by atoms with Crippen molar-refractivity contribution in [1.82, 2.24) is 25.2 Å². The van der Waals surface area contributed by atoms with Crippen LogP contribution in [0.2, 0.25) is 5.02 Å². The zero-order chi connectivity index (χ0) is 18.7. The minimum atomic E-state index is -2.82. The summed E-state index contributed by atoms with van der Waals surface area (Å²) in [5, 5.41) is 10.6. The predicted octanol–water partition coefficient (Wildman–Crippen LogP) is 3.03. The highest BCUT2D eigenvalue weighted by Crippen LogP contribution is 2.21. The van der Waals surface area contributed by atoms with Gasteiger partial charge in [0.25, 0.3) is 12.3 Å². The molecule has 0 unspecified atom stereocenters. The number of benzene rings is 1. The lowest BCUT2D eigenvalue weighted by atomic mass is 10.2. The number of amides is 1. The van der Waals surface area contributed by atoms with E-state index in [1.165, 1.54) is 17.9 Å². The summed E-state index contributed by atoms with van der Waals surface area (Å²) in [5.41, 5.74) is 0.0352. The Labute approximate surface area is 152 Å². The fourth-order valence-electron chi connectivity index (χ4n) is 2.29. The van der Waals surface area contributed by atoms with Gasteiger partial charge < -0.3 is 9.84 Å². The summed E-state index contributed by atoms with van der Waals surface area (Å²) in [7, 11) is 1.47. The van der Waals surface area contributed by atoms with Gasteiger partial charge in [-0.15, -0.1) is 0 Å². The molecule has 3 aromatic rings. The Bertz CT molecular complexity index is 908. The van der Waals surface area contributed by atoms with Crippen molar-refractivity contribution in [3.05, 3.63) is 52.6 Å². The first-order valence-electron chi connectivity index (χ1n) is 7.62.